The van der Waals surface area contributed by atoms with Crippen molar-refractivity contribution in [2.75, 3.05) is 133 Å². The van der Waals surface area contributed by atoms with Gasteiger partial charge >= 0.3 is 0 Å². The van der Waals surface area contributed by atoms with Crippen molar-refractivity contribution in [3.8, 4) is 12.3 Å². The Hall–Kier alpha value is -4.84. The minimum atomic E-state index is -0.696. The average molecular weight is 976 g/mol. The average Bonchev–Trinajstić information content (AvgIpc) is 4.04. The fourth-order valence-corrected chi connectivity index (χ4v) is 7.85. The van der Waals surface area contributed by atoms with Crippen LogP contribution in [0.5, 0.6) is 0 Å². The SMILES string of the molecule is C#CCOCCOCCOCCNc1nc(N2CCN(C(=O)[C@H](CCCCN)n3cc([C@@H](N)CO)nn3)CC2)nc(N2CCN(C(=O)[C@H](CCCCN)n3cc([C@@H](N)CC(C)C)nn3)CC2)n1.Cl. The maximum atomic E-state index is 14.2. The van der Waals surface area contributed by atoms with Gasteiger partial charge in [-0.2, -0.15) is 15.0 Å². The lowest BCUT2D eigenvalue weighted by Gasteiger charge is -2.38. The van der Waals surface area contributed by atoms with Crippen molar-refractivity contribution in [2.45, 2.75) is 83.0 Å². The van der Waals surface area contributed by atoms with Crippen molar-refractivity contribution >= 4 is 42.1 Å². The van der Waals surface area contributed by atoms with E-state index in [0.29, 0.717) is 153 Å². The number of hydrogen-bond donors (Lipinski definition) is 6. The highest BCUT2D eigenvalue weighted by atomic mass is 35.5. The first-order valence-corrected chi connectivity index (χ1v) is 23.7. The molecule has 0 aromatic carbocycles. The third-order valence-electron chi connectivity index (χ3n) is 11.6. The largest absolute Gasteiger partial charge is 0.394 e. The summed E-state index contributed by atoms with van der Waals surface area (Å²) < 4.78 is 19.7. The number of amides is 2. The molecular formula is C43H75ClN18O6. The van der Waals surface area contributed by atoms with Crippen molar-refractivity contribution in [1.82, 2.24) is 54.7 Å². The number of ether oxygens (including phenoxy) is 3. The zero-order valence-electron chi connectivity index (χ0n) is 39.8. The van der Waals surface area contributed by atoms with Crippen molar-refractivity contribution in [3.63, 3.8) is 0 Å². The third kappa shape index (κ3) is 17.0. The fourth-order valence-electron chi connectivity index (χ4n) is 7.85. The predicted octanol–water partition coefficient (Wildman–Crippen LogP) is -0.353. The number of carbonyl (C=O) groups excluding carboxylic acids is 2. The molecule has 3 aromatic rings. The molecule has 2 aliphatic rings. The summed E-state index contributed by atoms with van der Waals surface area (Å²) in [6.07, 6.45) is 13.6. The molecule has 380 valence electrons. The van der Waals surface area contributed by atoms with Gasteiger partial charge < -0.3 is 67.2 Å². The summed E-state index contributed by atoms with van der Waals surface area (Å²) in [5.74, 6) is 4.02. The molecule has 0 spiro atoms. The van der Waals surface area contributed by atoms with E-state index in [2.05, 4.69) is 50.6 Å². The summed E-state index contributed by atoms with van der Waals surface area (Å²) in [4.78, 5) is 50.7. The first-order chi connectivity index (χ1) is 32.6. The zero-order valence-corrected chi connectivity index (χ0v) is 40.6. The molecule has 0 radical (unpaired) electrons. The Kier molecular flexibility index (Phi) is 24.5. The van der Waals surface area contributed by atoms with Crippen LogP contribution in [0.25, 0.3) is 0 Å². The second-order valence-corrected chi connectivity index (χ2v) is 17.2. The molecule has 10 N–H and O–H groups in total. The third-order valence-corrected chi connectivity index (χ3v) is 11.6. The number of hydrogen-bond acceptors (Lipinski definition) is 20. The summed E-state index contributed by atoms with van der Waals surface area (Å²) in [6, 6.07) is -2.09. The van der Waals surface area contributed by atoms with E-state index in [4.69, 9.17) is 58.5 Å². The van der Waals surface area contributed by atoms with Crippen molar-refractivity contribution in [2.24, 2.45) is 28.9 Å². The van der Waals surface area contributed by atoms with Gasteiger partial charge in [-0.1, -0.05) is 30.2 Å². The van der Waals surface area contributed by atoms with Gasteiger partial charge in [0.1, 0.15) is 24.4 Å². The number of rotatable bonds is 30. The zero-order chi connectivity index (χ0) is 48.0. The maximum absolute atomic E-state index is 14.2. The van der Waals surface area contributed by atoms with Gasteiger partial charge in [0.05, 0.1) is 69.8 Å². The normalized spacial score (nSPS) is 16.0. The van der Waals surface area contributed by atoms with Crippen LogP contribution >= 0.6 is 12.4 Å². The Morgan fingerprint density at radius 3 is 1.65 bits per heavy atom. The molecule has 2 aliphatic heterocycles. The standard InChI is InChI=1S/C43H74N18O6.ClH/c1-4-22-65-24-26-67-27-25-66-23-13-48-41-49-42(58-18-14-56(15-19-58)39(63)37(9-5-7-11-44)60-29-35(52-54-60)33(46)28-32(2)3)51-43(50-41)59-20-16-57(17-21-59)40(64)38(10-6-8-12-45)61-30-36(53-55-61)34(47)31-62;/h1,29-30,32-34,37-38,62H,5-28,31,44-47H2,2-3H3,(H,48,49,50,51);1H/t33-,34-,37-,38-;/m0./s1. The van der Waals surface area contributed by atoms with Gasteiger partial charge in [0, 0.05) is 58.9 Å². The molecular weight excluding hydrogens is 900 g/mol. The molecule has 5 rings (SSSR count). The van der Waals surface area contributed by atoms with Gasteiger partial charge in [0.2, 0.25) is 29.7 Å². The minimum Gasteiger partial charge on any atom is -0.394 e. The molecule has 24 nitrogen and oxygen atoms in total. The number of anilines is 3. The van der Waals surface area contributed by atoms with E-state index in [1.165, 1.54) is 0 Å². The molecule has 0 bridgehead atoms. The van der Waals surface area contributed by atoms with Crippen LogP contribution in [0, 0.1) is 18.3 Å². The number of piperazine rings is 2. The highest BCUT2D eigenvalue weighted by Gasteiger charge is 2.33. The molecule has 5 heterocycles. The summed E-state index contributed by atoms with van der Waals surface area (Å²) in [5.41, 5.74) is 25.1. The number of aromatic nitrogens is 9. The number of aliphatic hydroxyl groups excluding tert-OH is 1. The lowest BCUT2D eigenvalue weighted by molar-refractivity contribution is -0.136. The van der Waals surface area contributed by atoms with Gasteiger partial charge in [0.25, 0.3) is 0 Å². The van der Waals surface area contributed by atoms with Crippen LogP contribution in [-0.4, -0.2) is 190 Å². The first-order valence-electron chi connectivity index (χ1n) is 23.7. The Labute approximate surface area is 405 Å². The van der Waals surface area contributed by atoms with E-state index in [-0.39, 0.29) is 43.5 Å². The fraction of sp³-hybridized carbons (Fsp3) is 0.744. The van der Waals surface area contributed by atoms with E-state index in [0.717, 1.165) is 32.1 Å². The molecule has 0 unspecified atom stereocenters. The molecule has 0 saturated carbocycles. The van der Waals surface area contributed by atoms with E-state index in [1.54, 1.807) is 15.6 Å². The summed E-state index contributed by atoms with van der Waals surface area (Å²) in [5, 5.41) is 29.9. The number of halogens is 1. The van der Waals surface area contributed by atoms with Gasteiger partial charge in [-0.25, -0.2) is 9.36 Å². The molecule has 3 aromatic heterocycles. The Balaban J connectivity index is 0.0000101. The molecule has 0 aliphatic carbocycles. The van der Waals surface area contributed by atoms with Crippen LogP contribution in [0.1, 0.15) is 94.3 Å². The molecule has 25 heteroatoms. The minimum absolute atomic E-state index is 0. The van der Waals surface area contributed by atoms with E-state index in [9.17, 15) is 14.7 Å². The van der Waals surface area contributed by atoms with Crippen LogP contribution in [0.15, 0.2) is 12.4 Å². The van der Waals surface area contributed by atoms with Crippen LogP contribution in [0.2, 0.25) is 0 Å². The van der Waals surface area contributed by atoms with Crippen molar-refractivity contribution in [3.05, 3.63) is 23.8 Å². The molecule has 2 saturated heterocycles. The molecule has 68 heavy (non-hydrogen) atoms. The van der Waals surface area contributed by atoms with Crippen LogP contribution < -0.4 is 38.1 Å². The Morgan fingerprint density at radius 1 is 0.721 bits per heavy atom. The van der Waals surface area contributed by atoms with E-state index in [1.807, 2.05) is 20.9 Å². The van der Waals surface area contributed by atoms with Crippen LogP contribution in [-0.2, 0) is 23.8 Å². The van der Waals surface area contributed by atoms with E-state index < -0.39 is 18.1 Å². The van der Waals surface area contributed by atoms with Crippen LogP contribution in [0.4, 0.5) is 17.8 Å². The molecule has 4 atom stereocenters. The smallest absolute Gasteiger partial charge is 0.247 e. The number of unbranched alkanes of at least 4 members (excludes halogenated alkanes) is 2. The van der Waals surface area contributed by atoms with Crippen molar-refractivity contribution in [1.29, 1.82) is 0 Å². The maximum Gasteiger partial charge on any atom is 0.247 e. The highest BCUT2D eigenvalue weighted by molar-refractivity contribution is 5.85. The first kappa shape index (κ1) is 55.8. The molecule has 2 fully saturated rings. The quantitative estimate of drug-likeness (QED) is 0.0367. The van der Waals surface area contributed by atoms with Crippen LogP contribution in [0.3, 0.4) is 0 Å². The number of terminal acetylenes is 1. The van der Waals surface area contributed by atoms with Crippen molar-refractivity contribution < 1.29 is 28.9 Å². The lowest BCUT2D eigenvalue weighted by Crippen LogP contribution is -2.52. The van der Waals surface area contributed by atoms with Gasteiger partial charge in [-0.15, -0.1) is 29.0 Å². The predicted molar refractivity (Wildman–Crippen MR) is 259 cm³/mol. The van der Waals surface area contributed by atoms with Gasteiger partial charge in [-0.3, -0.25) is 9.59 Å². The number of aliphatic hydroxyl groups is 1. The highest BCUT2D eigenvalue weighted by Crippen LogP contribution is 2.26. The monoisotopic (exact) mass is 975 g/mol. The van der Waals surface area contributed by atoms with Gasteiger partial charge in [-0.05, 0) is 64.0 Å². The second-order valence-electron chi connectivity index (χ2n) is 17.2. The summed E-state index contributed by atoms with van der Waals surface area (Å²) in [7, 11) is 0. The number of nitrogens with one attached hydrogen (secondary N) is 1. The van der Waals surface area contributed by atoms with E-state index >= 15 is 0 Å². The number of nitrogens with zero attached hydrogens (tertiary/aromatic N) is 13. The number of nitrogens with two attached hydrogens (primary N) is 4. The summed E-state index contributed by atoms with van der Waals surface area (Å²) in [6.45, 7) is 11.4. The topological polar surface area (TPSA) is 311 Å². The second kappa shape index (κ2) is 29.9. The molecule has 2 amide bonds. The van der Waals surface area contributed by atoms with Gasteiger partial charge in [0.15, 0.2) is 0 Å². The Morgan fingerprint density at radius 2 is 1.19 bits per heavy atom. The Bertz CT molecular complexity index is 1950. The summed E-state index contributed by atoms with van der Waals surface area (Å²) >= 11 is 0. The number of carbonyl (C=O) groups is 2. The lowest BCUT2D eigenvalue weighted by atomic mass is 10.0.